The summed E-state index contributed by atoms with van der Waals surface area (Å²) in [7, 11) is 1.56. The topological polar surface area (TPSA) is 76.7 Å². The lowest BCUT2D eigenvalue weighted by Gasteiger charge is -2.12. The first-order valence-electron chi connectivity index (χ1n) is 9.72. The number of carbonyl (C=O) groups is 2. The molecule has 0 bridgehead atoms. The van der Waals surface area contributed by atoms with Gasteiger partial charge in [-0.05, 0) is 42.5 Å². The number of benzene rings is 3. The van der Waals surface area contributed by atoms with Gasteiger partial charge < -0.3 is 20.1 Å². The van der Waals surface area contributed by atoms with Crippen LogP contribution >= 0.6 is 11.6 Å². The Morgan fingerprint density at radius 1 is 0.903 bits per heavy atom. The Bertz CT molecular complexity index is 1040. The van der Waals surface area contributed by atoms with Gasteiger partial charge in [0.05, 0.1) is 17.9 Å². The molecule has 0 radical (unpaired) electrons. The fourth-order valence-corrected chi connectivity index (χ4v) is 3.02. The highest BCUT2D eigenvalue weighted by molar-refractivity contribution is 6.31. The van der Waals surface area contributed by atoms with Gasteiger partial charge in [0.15, 0.2) is 0 Å². The number of ether oxygens (including phenoxy) is 2. The molecule has 0 aliphatic heterocycles. The zero-order valence-electron chi connectivity index (χ0n) is 17.1. The molecule has 2 amide bonds. The van der Waals surface area contributed by atoms with Crippen LogP contribution in [0.3, 0.4) is 0 Å². The second-order valence-corrected chi connectivity index (χ2v) is 7.06. The summed E-state index contributed by atoms with van der Waals surface area (Å²) in [6.07, 6.45) is 0. The molecule has 0 atom stereocenters. The molecular formula is C24H23ClN2O4. The normalized spacial score (nSPS) is 10.4. The molecule has 0 fully saturated rings. The SMILES string of the molecule is COCCNC(=O)c1ccccc1NC(=O)c1ccc(OCc2ccccc2Cl)cc1. The molecule has 0 aromatic heterocycles. The van der Waals surface area contributed by atoms with Crippen molar-refractivity contribution in [1.82, 2.24) is 5.32 Å². The van der Waals surface area contributed by atoms with Crippen LogP contribution in [-0.4, -0.2) is 32.1 Å². The number of hydrogen-bond donors (Lipinski definition) is 2. The van der Waals surface area contributed by atoms with Gasteiger partial charge in [0, 0.05) is 29.8 Å². The molecule has 0 saturated heterocycles. The van der Waals surface area contributed by atoms with E-state index in [0.29, 0.717) is 47.3 Å². The van der Waals surface area contributed by atoms with Crippen LogP contribution in [0.2, 0.25) is 5.02 Å². The first-order chi connectivity index (χ1) is 15.1. The van der Waals surface area contributed by atoms with Crippen molar-refractivity contribution < 1.29 is 19.1 Å². The number of halogens is 1. The van der Waals surface area contributed by atoms with Crippen molar-refractivity contribution in [3.05, 3.63) is 94.5 Å². The van der Waals surface area contributed by atoms with Crippen LogP contribution in [0, 0.1) is 0 Å². The quantitative estimate of drug-likeness (QED) is 0.480. The summed E-state index contributed by atoms with van der Waals surface area (Å²) >= 11 is 6.14. The van der Waals surface area contributed by atoms with E-state index in [-0.39, 0.29) is 11.8 Å². The molecule has 3 aromatic carbocycles. The third-order valence-electron chi connectivity index (χ3n) is 4.48. The average Bonchev–Trinajstić information content (AvgIpc) is 2.79. The lowest BCUT2D eigenvalue weighted by molar-refractivity contribution is 0.0938. The van der Waals surface area contributed by atoms with E-state index in [1.54, 1.807) is 55.6 Å². The van der Waals surface area contributed by atoms with Gasteiger partial charge in [0.1, 0.15) is 12.4 Å². The van der Waals surface area contributed by atoms with Crippen LogP contribution in [0.25, 0.3) is 0 Å². The number of nitrogens with one attached hydrogen (secondary N) is 2. The molecule has 3 aromatic rings. The van der Waals surface area contributed by atoms with Gasteiger partial charge in [-0.15, -0.1) is 0 Å². The van der Waals surface area contributed by atoms with Crippen molar-refractivity contribution in [1.29, 1.82) is 0 Å². The van der Waals surface area contributed by atoms with Crippen LogP contribution in [0.5, 0.6) is 5.75 Å². The highest BCUT2D eigenvalue weighted by Gasteiger charge is 2.14. The molecular weight excluding hydrogens is 416 g/mol. The van der Waals surface area contributed by atoms with Gasteiger partial charge in [-0.3, -0.25) is 9.59 Å². The summed E-state index contributed by atoms with van der Waals surface area (Å²) in [4.78, 5) is 25.0. The standard InChI is InChI=1S/C24H23ClN2O4/c1-30-15-14-26-24(29)20-7-3-5-9-22(20)27-23(28)17-10-12-19(13-11-17)31-16-18-6-2-4-8-21(18)25/h2-13H,14-16H2,1H3,(H,26,29)(H,27,28). The van der Waals surface area contributed by atoms with E-state index in [1.807, 2.05) is 24.3 Å². The van der Waals surface area contributed by atoms with Gasteiger partial charge in [-0.25, -0.2) is 0 Å². The van der Waals surface area contributed by atoms with Crippen molar-refractivity contribution in [2.45, 2.75) is 6.61 Å². The van der Waals surface area contributed by atoms with Gasteiger partial charge >= 0.3 is 0 Å². The fraction of sp³-hybridized carbons (Fsp3) is 0.167. The molecule has 0 heterocycles. The monoisotopic (exact) mass is 438 g/mol. The Kier molecular flexibility index (Phi) is 8.04. The minimum Gasteiger partial charge on any atom is -0.489 e. The van der Waals surface area contributed by atoms with Crippen molar-refractivity contribution in [3.63, 3.8) is 0 Å². The number of amides is 2. The second kappa shape index (κ2) is 11.2. The van der Waals surface area contributed by atoms with E-state index < -0.39 is 0 Å². The Morgan fingerprint density at radius 3 is 2.35 bits per heavy atom. The largest absolute Gasteiger partial charge is 0.489 e. The third kappa shape index (κ3) is 6.31. The Morgan fingerprint density at radius 2 is 1.61 bits per heavy atom. The number of anilines is 1. The predicted molar refractivity (Wildman–Crippen MR) is 121 cm³/mol. The highest BCUT2D eigenvalue weighted by atomic mass is 35.5. The minimum absolute atomic E-state index is 0.281. The maximum atomic E-state index is 12.7. The summed E-state index contributed by atoms with van der Waals surface area (Å²) in [5, 5.41) is 6.19. The minimum atomic E-state index is -0.324. The zero-order valence-corrected chi connectivity index (χ0v) is 17.8. The summed E-state index contributed by atoms with van der Waals surface area (Å²) in [6, 6.07) is 21.1. The van der Waals surface area contributed by atoms with E-state index in [9.17, 15) is 9.59 Å². The van der Waals surface area contributed by atoms with E-state index in [2.05, 4.69) is 10.6 Å². The predicted octanol–water partition coefficient (Wildman–Crippen LogP) is 4.55. The maximum absolute atomic E-state index is 12.7. The lowest BCUT2D eigenvalue weighted by atomic mass is 10.1. The van der Waals surface area contributed by atoms with Crippen LogP contribution in [-0.2, 0) is 11.3 Å². The number of carbonyl (C=O) groups excluding carboxylic acids is 2. The second-order valence-electron chi connectivity index (χ2n) is 6.65. The van der Waals surface area contributed by atoms with E-state index >= 15 is 0 Å². The van der Waals surface area contributed by atoms with Crippen LogP contribution in [0.15, 0.2) is 72.8 Å². The molecule has 3 rings (SSSR count). The fourth-order valence-electron chi connectivity index (χ4n) is 2.83. The van der Waals surface area contributed by atoms with E-state index in [0.717, 1.165) is 5.56 Å². The molecule has 7 heteroatoms. The molecule has 0 spiro atoms. The Hall–Kier alpha value is -3.35. The van der Waals surface area contributed by atoms with Gasteiger partial charge in [-0.2, -0.15) is 0 Å². The summed E-state index contributed by atoms with van der Waals surface area (Å²) in [5.41, 5.74) is 2.14. The third-order valence-corrected chi connectivity index (χ3v) is 4.85. The maximum Gasteiger partial charge on any atom is 0.255 e. The summed E-state index contributed by atoms with van der Waals surface area (Å²) in [5.74, 6) is 0.0143. The number of hydrogen-bond acceptors (Lipinski definition) is 4. The van der Waals surface area contributed by atoms with Crippen LogP contribution in [0.1, 0.15) is 26.3 Å². The molecule has 0 aliphatic rings. The number of methoxy groups -OCH3 is 1. The zero-order chi connectivity index (χ0) is 22.1. The molecule has 160 valence electrons. The molecule has 2 N–H and O–H groups in total. The Balaban J connectivity index is 1.62. The van der Waals surface area contributed by atoms with Crippen molar-refractivity contribution in [3.8, 4) is 5.75 Å². The number of para-hydroxylation sites is 1. The molecule has 0 saturated carbocycles. The first-order valence-corrected chi connectivity index (χ1v) is 10.1. The van der Waals surface area contributed by atoms with Crippen molar-refractivity contribution >= 4 is 29.1 Å². The molecule has 6 nitrogen and oxygen atoms in total. The van der Waals surface area contributed by atoms with Gasteiger partial charge in [0.2, 0.25) is 0 Å². The number of rotatable bonds is 9. The highest BCUT2D eigenvalue weighted by Crippen LogP contribution is 2.20. The Labute approximate surface area is 186 Å². The lowest BCUT2D eigenvalue weighted by Crippen LogP contribution is -2.28. The molecule has 31 heavy (non-hydrogen) atoms. The average molecular weight is 439 g/mol. The van der Waals surface area contributed by atoms with Gasteiger partial charge in [-0.1, -0.05) is 41.9 Å². The van der Waals surface area contributed by atoms with Crippen molar-refractivity contribution in [2.75, 3.05) is 25.6 Å². The van der Waals surface area contributed by atoms with Crippen molar-refractivity contribution in [2.24, 2.45) is 0 Å². The molecule has 0 unspecified atom stereocenters. The van der Waals surface area contributed by atoms with Crippen LogP contribution < -0.4 is 15.4 Å². The first kappa shape index (κ1) is 22.3. The van der Waals surface area contributed by atoms with E-state index in [1.165, 1.54) is 0 Å². The van der Waals surface area contributed by atoms with Gasteiger partial charge in [0.25, 0.3) is 11.8 Å². The summed E-state index contributed by atoms with van der Waals surface area (Å²) < 4.78 is 10.7. The van der Waals surface area contributed by atoms with Crippen LogP contribution in [0.4, 0.5) is 5.69 Å². The molecule has 0 aliphatic carbocycles. The summed E-state index contributed by atoms with van der Waals surface area (Å²) in [6.45, 7) is 1.12. The van der Waals surface area contributed by atoms with E-state index in [4.69, 9.17) is 21.1 Å². The smallest absolute Gasteiger partial charge is 0.255 e.